The molecule has 0 aliphatic heterocycles. The molecule has 0 spiro atoms. The molecule has 3 N–H and O–H groups in total. The zero-order valence-corrected chi connectivity index (χ0v) is 10.2. The van der Waals surface area contributed by atoms with E-state index in [2.05, 4.69) is 5.32 Å². The molecule has 1 aromatic rings. The molecular formula is C13H19NO3. The third-order valence-corrected chi connectivity index (χ3v) is 2.61. The number of aliphatic hydroxyl groups excluding tert-OH is 1. The quantitative estimate of drug-likeness (QED) is 0.707. The molecule has 1 unspecified atom stereocenters. The monoisotopic (exact) mass is 237 g/mol. The van der Waals surface area contributed by atoms with Crippen molar-refractivity contribution >= 4 is 11.7 Å². The molecule has 94 valence electrons. The van der Waals surface area contributed by atoms with Crippen molar-refractivity contribution in [2.24, 2.45) is 0 Å². The minimum atomic E-state index is -0.879. The van der Waals surface area contributed by atoms with Gasteiger partial charge in [-0.15, -0.1) is 0 Å². The molecule has 0 radical (unpaired) electrons. The van der Waals surface area contributed by atoms with Gasteiger partial charge >= 0.3 is 5.97 Å². The van der Waals surface area contributed by atoms with E-state index >= 15 is 0 Å². The first kappa shape index (κ1) is 13.5. The van der Waals surface area contributed by atoms with Gasteiger partial charge in [0.15, 0.2) is 0 Å². The van der Waals surface area contributed by atoms with Crippen LogP contribution in [0.1, 0.15) is 24.0 Å². The van der Waals surface area contributed by atoms with Crippen molar-refractivity contribution in [2.75, 3.05) is 11.9 Å². The summed E-state index contributed by atoms with van der Waals surface area (Å²) < 4.78 is 0. The Labute approximate surface area is 101 Å². The lowest BCUT2D eigenvalue weighted by Gasteiger charge is -2.14. The first-order valence-corrected chi connectivity index (χ1v) is 5.70. The number of carboxylic acids is 1. The Hall–Kier alpha value is -1.55. The van der Waals surface area contributed by atoms with E-state index in [1.807, 2.05) is 32.0 Å². The van der Waals surface area contributed by atoms with Gasteiger partial charge in [-0.1, -0.05) is 12.1 Å². The number of nitrogens with one attached hydrogen (secondary N) is 1. The Kier molecular flexibility index (Phi) is 4.97. The van der Waals surface area contributed by atoms with Crippen LogP contribution in [0.3, 0.4) is 0 Å². The van der Waals surface area contributed by atoms with Crippen LogP contribution in [-0.2, 0) is 4.79 Å². The molecule has 0 saturated carbocycles. The van der Waals surface area contributed by atoms with Crippen molar-refractivity contribution in [3.63, 3.8) is 0 Å². The Bertz CT molecular complexity index is 390. The van der Waals surface area contributed by atoms with Crippen LogP contribution < -0.4 is 5.32 Å². The van der Waals surface area contributed by atoms with Crippen LogP contribution in [0.25, 0.3) is 0 Å². The number of carbonyl (C=O) groups is 1. The van der Waals surface area contributed by atoms with E-state index in [0.29, 0.717) is 6.54 Å². The van der Waals surface area contributed by atoms with Crippen molar-refractivity contribution in [2.45, 2.75) is 32.8 Å². The van der Waals surface area contributed by atoms with E-state index in [0.717, 1.165) is 16.8 Å². The third-order valence-electron chi connectivity index (χ3n) is 2.61. The van der Waals surface area contributed by atoms with Crippen LogP contribution in [0, 0.1) is 13.8 Å². The van der Waals surface area contributed by atoms with Crippen LogP contribution in [0.2, 0.25) is 0 Å². The highest BCUT2D eigenvalue weighted by Crippen LogP contribution is 2.16. The zero-order chi connectivity index (χ0) is 12.8. The Balaban J connectivity index is 2.44. The Morgan fingerprint density at radius 1 is 1.41 bits per heavy atom. The van der Waals surface area contributed by atoms with E-state index in [-0.39, 0.29) is 12.8 Å². The smallest absolute Gasteiger partial charge is 0.303 e. The summed E-state index contributed by atoms with van der Waals surface area (Å²) in [6.45, 7) is 4.37. The molecule has 4 heteroatoms. The molecule has 1 atom stereocenters. The molecule has 0 amide bonds. The highest BCUT2D eigenvalue weighted by molar-refractivity contribution is 5.66. The lowest BCUT2D eigenvalue weighted by atomic mass is 10.1. The van der Waals surface area contributed by atoms with Crippen LogP contribution in [0.4, 0.5) is 5.69 Å². The summed E-state index contributed by atoms with van der Waals surface area (Å²) in [7, 11) is 0. The number of carboxylic acid groups (broad SMARTS) is 1. The van der Waals surface area contributed by atoms with Gasteiger partial charge in [-0.25, -0.2) is 0 Å². The van der Waals surface area contributed by atoms with E-state index in [1.165, 1.54) is 0 Å². The van der Waals surface area contributed by atoms with Gasteiger partial charge in [-0.3, -0.25) is 4.79 Å². The molecule has 0 aromatic heterocycles. The van der Waals surface area contributed by atoms with Crippen LogP contribution in [0.5, 0.6) is 0 Å². The summed E-state index contributed by atoms with van der Waals surface area (Å²) in [5.74, 6) is -0.879. The Morgan fingerprint density at radius 2 is 2.12 bits per heavy atom. The Morgan fingerprint density at radius 3 is 2.76 bits per heavy atom. The van der Waals surface area contributed by atoms with Gasteiger partial charge in [-0.05, 0) is 37.5 Å². The number of hydrogen-bond acceptors (Lipinski definition) is 3. The predicted molar refractivity (Wildman–Crippen MR) is 67.3 cm³/mol. The highest BCUT2D eigenvalue weighted by atomic mass is 16.4. The van der Waals surface area contributed by atoms with E-state index in [4.69, 9.17) is 5.11 Å². The van der Waals surface area contributed by atoms with Gasteiger partial charge in [0.25, 0.3) is 0 Å². The average molecular weight is 237 g/mol. The summed E-state index contributed by atoms with van der Waals surface area (Å²) >= 11 is 0. The fourth-order valence-corrected chi connectivity index (χ4v) is 1.55. The molecule has 0 saturated heterocycles. The highest BCUT2D eigenvalue weighted by Gasteiger charge is 2.07. The van der Waals surface area contributed by atoms with Gasteiger partial charge < -0.3 is 15.5 Å². The zero-order valence-electron chi connectivity index (χ0n) is 10.2. The van der Waals surface area contributed by atoms with E-state index in [1.54, 1.807) is 0 Å². The molecule has 1 aromatic carbocycles. The molecule has 0 aliphatic rings. The molecule has 1 rings (SSSR count). The maximum absolute atomic E-state index is 10.3. The third kappa shape index (κ3) is 4.87. The number of rotatable bonds is 6. The minimum absolute atomic E-state index is 0.00432. The maximum Gasteiger partial charge on any atom is 0.303 e. The van der Waals surface area contributed by atoms with Crippen LogP contribution in [-0.4, -0.2) is 28.8 Å². The first-order valence-electron chi connectivity index (χ1n) is 5.70. The minimum Gasteiger partial charge on any atom is -0.481 e. The fourth-order valence-electron chi connectivity index (χ4n) is 1.55. The standard InChI is InChI=1S/C13H19NO3/c1-9-3-4-10(2)12(7-9)14-8-11(15)5-6-13(16)17/h3-4,7,11,14-15H,5-6,8H2,1-2H3,(H,16,17). The predicted octanol–water partition coefficient (Wildman–Crippen LogP) is 1.94. The van der Waals surface area contributed by atoms with Crippen LogP contribution in [0.15, 0.2) is 18.2 Å². The summed E-state index contributed by atoms with van der Waals surface area (Å²) in [6, 6.07) is 6.06. The topological polar surface area (TPSA) is 69.6 Å². The fraction of sp³-hybridized carbons (Fsp3) is 0.462. The molecule has 4 nitrogen and oxygen atoms in total. The number of anilines is 1. The normalized spacial score (nSPS) is 12.2. The summed E-state index contributed by atoms with van der Waals surface area (Å²) in [5, 5.41) is 21.2. The molecule has 17 heavy (non-hydrogen) atoms. The number of hydrogen-bond donors (Lipinski definition) is 3. The van der Waals surface area contributed by atoms with Gasteiger partial charge in [-0.2, -0.15) is 0 Å². The molecular weight excluding hydrogens is 218 g/mol. The van der Waals surface area contributed by atoms with Crippen molar-refractivity contribution in [1.82, 2.24) is 0 Å². The van der Waals surface area contributed by atoms with E-state index < -0.39 is 12.1 Å². The SMILES string of the molecule is Cc1ccc(C)c(NCC(O)CCC(=O)O)c1. The lowest BCUT2D eigenvalue weighted by Crippen LogP contribution is -2.20. The number of aliphatic hydroxyl groups is 1. The number of aryl methyl sites for hydroxylation is 2. The largest absolute Gasteiger partial charge is 0.481 e. The lowest BCUT2D eigenvalue weighted by molar-refractivity contribution is -0.137. The van der Waals surface area contributed by atoms with Crippen molar-refractivity contribution < 1.29 is 15.0 Å². The second-order valence-corrected chi connectivity index (χ2v) is 4.29. The van der Waals surface area contributed by atoms with E-state index in [9.17, 15) is 9.90 Å². The second kappa shape index (κ2) is 6.25. The van der Waals surface area contributed by atoms with Gasteiger partial charge in [0.05, 0.1) is 6.10 Å². The first-order chi connectivity index (χ1) is 7.99. The maximum atomic E-state index is 10.3. The van der Waals surface area contributed by atoms with Gasteiger partial charge in [0.1, 0.15) is 0 Å². The van der Waals surface area contributed by atoms with Gasteiger partial charge in [0, 0.05) is 18.7 Å². The second-order valence-electron chi connectivity index (χ2n) is 4.29. The van der Waals surface area contributed by atoms with Crippen LogP contribution >= 0.6 is 0 Å². The summed E-state index contributed by atoms with van der Waals surface area (Å²) in [4.78, 5) is 10.3. The number of benzene rings is 1. The van der Waals surface area contributed by atoms with Gasteiger partial charge in [0.2, 0.25) is 0 Å². The average Bonchev–Trinajstić information content (AvgIpc) is 2.27. The van der Waals surface area contributed by atoms with Crippen molar-refractivity contribution in [3.8, 4) is 0 Å². The summed E-state index contributed by atoms with van der Waals surface area (Å²) in [6.07, 6.45) is -0.367. The molecule has 0 bridgehead atoms. The molecule has 0 fully saturated rings. The summed E-state index contributed by atoms with van der Waals surface area (Å²) in [5.41, 5.74) is 3.25. The van der Waals surface area contributed by atoms with Crippen molar-refractivity contribution in [1.29, 1.82) is 0 Å². The van der Waals surface area contributed by atoms with Crippen molar-refractivity contribution in [3.05, 3.63) is 29.3 Å². The molecule has 0 heterocycles. The number of aliphatic carboxylic acids is 1. The molecule has 0 aliphatic carbocycles.